The van der Waals surface area contributed by atoms with Crippen LogP contribution >= 0.6 is 0 Å². The molecule has 0 radical (unpaired) electrons. The topological polar surface area (TPSA) is 58.6 Å². The Morgan fingerprint density at radius 3 is 2.75 bits per heavy atom. The van der Waals surface area contributed by atoms with E-state index in [-0.39, 0.29) is 23.8 Å². The van der Waals surface area contributed by atoms with Crippen LogP contribution in [-0.2, 0) is 20.9 Å². The van der Waals surface area contributed by atoms with Crippen molar-refractivity contribution < 1.29 is 14.3 Å². The standard InChI is InChI=1S/C23H26N2O3/c1-3-28-23(27)21-17-10-12-20(26)25(14-16-7-5-4-6-8-16)22(17)18-13-15(2)9-11-19(18)24-21/h4-9,11,13,17,21-22,24H,3,10,12,14H2,1-2H3/t17-,21+,22-/m0/s1. The molecule has 146 valence electrons. The van der Waals surface area contributed by atoms with Crippen molar-refractivity contribution in [2.75, 3.05) is 11.9 Å². The Bertz CT molecular complexity index is 881. The molecule has 0 spiro atoms. The van der Waals surface area contributed by atoms with Crippen LogP contribution < -0.4 is 5.32 Å². The highest BCUT2D eigenvalue weighted by Gasteiger charge is 2.47. The Balaban J connectivity index is 1.76. The number of nitrogens with zero attached hydrogens (tertiary/aromatic N) is 1. The molecule has 0 aliphatic carbocycles. The molecule has 0 unspecified atom stereocenters. The van der Waals surface area contributed by atoms with Gasteiger partial charge in [-0.1, -0.05) is 48.0 Å². The number of amides is 1. The minimum Gasteiger partial charge on any atom is -0.464 e. The van der Waals surface area contributed by atoms with Crippen LogP contribution in [0.4, 0.5) is 5.69 Å². The molecule has 0 bridgehead atoms. The summed E-state index contributed by atoms with van der Waals surface area (Å²) in [5.74, 6) is -0.102. The van der Waals surface area contributed by atoms with Gasteiger partial charge in [-0.2, -0.15) is 0 Å². The zero-order chi connectivity index (χ0) is 19.7. The van der Waals surface area contributed by atoms with Crippen molar-refractivity contribution in [1.29, 1.82) is 0 Å². The van der Waals surface area contributed by atoms with E-state index in [0.29, 0.717) is 26.0 Å². The smallest absolute Gasteiger partial charge is 0.328 e. The molecule has 5 nitrogen and oxygen atoms in total. The number of likely N-dealkylation sites (tertiary alicyclic amines) is 1. The lowest BCUT2D eigenvalue weighted by atomic mass is 9.75. The van der Waals surface area contributed by atoms with E-state index in [2.05, 4.69) is 18.3 Å². The molecule has 2 aliphatic heterocycles. The highest BCUT2D eigenvalue weighted by Crippen LogP contribution is 2.46. The van der Waals surface area contributed by atoms with Gasteiger partial charge in [-0.25, -0.2) is 4.79 Å². The van der Waals surface area contributed by atoms with Crippen molar-refractivity contribution in [3.8, 4) is 0 Å². The fourth-order valence-electron chi connectivity index (χ4n) is 4.49. The number of carbonyl (C=O) groups is 2. The van der Waals surface area contributed by atoms with Crippen LogP contribution in [0.15, 0.2) is 48.5 Å². The molecule has 1 N–H and O–H groups in total. The lowest BCUT2D eigenvalue weighted by Crippen LogP contribution is -2.53. The molecular formula is C23H26N2O3. The van der Waals surface area contributed by atoms with Gasteiger partial charge in [-0.15, -0.1) is 0 Å². The number of rotatable bonds is 4. The number of carbonyl (C=O) groups excluding carboxylic acids is 2. The van der Waals surface area contributed by atoms with Gasteiger partial charge in [0.15, 0.2) is 0 Å². The number of ether oxygens (including phenoxy) is 1. The first-order chi connectivity index (χ1) is 13.6. The number of piperidine rings is 1. The highest BCUT2D eigenvalue weighted by molar-refractivity contribution is 5.84. The van der Waals surface area contributed by atoms with Gasteiger partial charge < -0.3 is 15.0 Å². The average molecular weight is 378 g/mol. The maximum absolute atomic E-state index is 12.9. The average Bonchev–Trinajstić information content (AvgIpc) is 2.70. The molecule has 4 rings (SSSR count). The van der Waals surface area contributed by atoms with E-state index < -0.39 is 6.04 Å². The fraction of sp³-hybridized carbons (Fsp3) is 0.391. The lowest BCUT2D eigenvalue weighted by Gasteiger charge is -2.48. The van der Waals surface area contributed by atoms with Gasteiger partial charge in [-0.05, 0) is 37.5 Å². The maximum atomic E-state index is 12.9. The molecule has 1 fully saturated rings. The van der Waals surface area contributed by atoms with E-state index in [1.165, 1.54) is 0 Å². The van der Waals surface area contributed by atoms with Gasteiger partial charge in [0, 0.05) is 24.6 Å². The van der Waals surface area contributed by atoms with Crippen molar-refractivity contribution in [3.63, 3.8) is 0 Å². The van der Waals surface area contributed by atoms with Gasteiger partial charge in [0.1, 0.15) is 6.04 Å². The monoisotopic (exact) mass is 378 g/mol. The Kier molecular flexibility index (Phi) is 5.07. The summed E-state index contributed by atoms with van der Waals surface area (Å²) >= 11 is 0. The number of fused-ring (bicyclic) bond motifs is 3. The summed E-state index contributed by atoms with van der Waals surface area (Å²) in [5, 5.41) is 3.39. The second-order valence-electron chi connectivity index (χ2n) is 7.62. The van der Waals surface area contributed by atoms with Crippen LogP contribution in [0.1, 0.15) is 42.5 Å². The van der Waals surface area contributed by atoms with E-state index in [1.54, 1.807) is 0 Å². The van der Waals surface area contributed by atoms with Gasteiger partial charge in [0.25, 0.3) is 0 Å². The second-order valence-corrected chi connectivity index (χ2v) is 7.62. The highest BCUT2D eigenvalue weighted by atomic mass is 16.5. The van der Waals surface area contributed by atoms with E-state index in [0.717, 1.165) is 22.4 Å². The van der Waals surface area contributed by atoms with E-state index in [4.69, 9.17) is 4.74 Å². The molecule has 5 heteroatoms. The summed E-state index contributed by atoms with van der Waals surface area (Å²) in [5.41, 5.74) is 4.25. The van der Waals surface area contributed by atoms with E-state index in [9.17, 15) is 9.59 Å². The predicted octanol–water partition coefficient (Wildman–Crippen LogP) is 3.83. The first-order valence-electron chi connectivity index (χ1n) is 9.95. The maximum Gasteiger partial charge on any atom is 0.328 e. The quantitative estimate of drug-likeness (QED) is 0.822. The second kappa shape index (κ2) is 7.66. The molecule has 2 aliphatic rings. The zero-order valence-corrected chi connectivity index (χ0v) is 16.4. The number of aryl methyl sites for hydroxylation is 1. The molecule has 1 saturated heterocycles. The largest absolute Gasteiger partial charge is 0.464 e. The lowest BCUT2D eigenvalue weighted by molar-refractivity contribution is -0.151. The Hall–Kier alpha value is -2.82. The minimum atomic E-state index is -0.438. The molecule has 28 heavy (non-hydrogen) atoms. The Morgan fingerprint density at radius 1 is 1.21 bits per heavy atom. The summed E-state index contributed by atoms with van der Waals surface area (Å²) in [4.78, 5) is 27.6. The van der Waals surface area contributed by atoms with E-state index >= 15 is 0 Å². The summed E-state index contributed by atoms with van der Waals surface area (Å²) < 4.78 is 5.34. The molecule has 2 aromatic carbocycles. The van der Waals surface area contributed by atoms with Crippen molar-refractivity contribution in [1.82, 2.24) is 4.90 Å². The van der Waals surface area contributed by atoms with Crippen LogP contribution in [0.25, 0.3) is 0 Å². The van der Waals surface area contributed by atoms with Crippen LogP contribution in [0, 0.1) is 12.8 Å². The van der Waals surface area contributed by atoms with Gasteiger partial charge in [0.2, 0.25) is 5.91 Å². The van der Waals surface area contributed by atoms with Gasteiger partial charge in [-0.3, -0.25) is 4.79 Å². The molecule has 2 aromatic rings. The SMILES string of the molecule is CCOC(=O)[C@@H]1Nc2ccc(C)cc2[C@@H]2[C@H]1CCC(=O)N2Cc1ccccc1. The summed E-state index contributed by atoms with van der Waals surface area (Å²) in [6.45, 7) is 4.77. The summed E-state index contributed by atoms with van der Waals surface area (Å²) in [6, 6.07) is 15.6. The molecule has 2 heterocycles. The van der Waals surface area contributed by atoms with Crippen LogP contribution in [0.5, 0.6) is 0 Å². The van der Waals surface area contributed by atoms with Crippen molar-refractivity contribution in [2.24, 2.45) is 5.92 Å². The van der Waals surface area contributed by atoms with Crippen molar-refractivity contribution in [3.05, 3.63) is 65.2 Å². The Labute approximate surface area is 165 Å². The normalized spacial score (nSPS) is 23.4. The molecule has 0 saturated carbocycles. The molecular weight excluding hydrogens is 352 g/mol. The Morgan fingerprint density at radius 2 is 2.00 bits per heavy atom. The third kappa shape index (κ3) is 3.37. The molecule has 3 atom stereocenters. The first kappa shape index (κ1) is 18.5. The number of hydrogen-bond acceptors (Lipinski definition) is 4. The molecule has 1 amide bonds. The van der Waals surface area contributed by atoms with Crippen LogP contribution in [0.3, 0.4) is 0 Å². The summed E-state index contributed by atoms with van der Waals surface area (Å²) in [7, 11) is 0. The van der Waals surface area contributed by atoms with Gasteiger partial charge in [0.05, 0.1) is 12.6 Å². The van der Waals surface area contributed by atoms with Crippen molar-refractivity contribution in [2.45, 2.75) is 45.3 Å². The first-order valence-corrected chi connectivity index (χ1v) is 9.95. The third-order valence-corrected chi connectivity index (χ3v) is 5.75. The molecule has 0 aromatic heterocycles. The van der Waals surface area contributed by atoms with Crippen LogP contribution in [-0.4, -0.2) is 29.4 Å². The number of hydrogen-bond donors (Lipinski definition) is 1. The number of nitrogens with one attached hydrogen (secondary N) is 1. The number of benzene rings is 2. The predicted molar refractivity (Wildman–Crippen MR) is 108 cm³/mol. The van der Waals surface area contributed by atoms with Crippen LogP contribution in [0.2, 0.25) is 0 Å². The van der Waals surface area contributed by atoms with Gasteiger partial charge >= 0.3 is 5.97 Å². The third-order valence-electron chi connectivity index (χ3n) is 5.75. The zero-order valence-electron chi connectivity index (χ0n) is 16.4. The minimum absolute atomic E-state index is 0.00485. The number of esters is 1. The van der Waals surface area contributed by atoms with Crippen molar-refractivity contribution >= 4 is 17.6 Å². The van der Waals surface area contributed by atoms with E-state index in [1.807, 2.05) is 54.3 Å². The number of anilines is 1. The fourth-order valence-corrected chi connectivity index (χ4v) is 4.49. The summed E-state index contributed by atoms with van der Waals surface area (Å²) in [6.07, 6.45) is 1.13.